The highest BCUT2D eigenvalue weighted by Crippen LogP contribution is 2.20. The van der Waals surface area contributed by atoms with E-state index in [4.69, 9.17) is 8.83 Å². The standard InChI is InChI=1S/C19H24N2O8/c22-10-12-6-14(24)18(26)16(28-12)8-20-2-1-3-21(5-4-20)9-17-19(27)15(25)7-13(11-23)29-17/h6-7,22-23,26-27H,1-5,8-11H2. The Balaban J connectivity index is 1.67. The smallest absolute Gasteiger partial charge is 0.227 e. The lowest BCUT2D eigenvalue weighted by Gasteiger charge is -2.21. The molecule has 4 N–H and O–H groups in total. The molecule has 1 saturated heterocycles. The van der Waals surface area contributed by atoms with Gasteiger partial charge in [0.15, 0.2) is 11.5 Å². The summed E-state index contributed by atoms with van der Waals surface area (Å²) in [6.07, 6.45) is 0.759. The van der Waals surface area contributed by atoms with Crippen molar-refractivity contribution in [1.82, 2.24) is 9.80 Å². The van der Waals surface area contributed by atoms with E-state index < -0.39 is 35.6 Å². The lowest BCUT2D eigenvalue weighted by atomic mass is 10.3. The van der Waals surface area contributed by atoms with Crippen molar-refractivity contribution in [2.45, 2.75) is 32.7 Å². The molecule has 0 bridgehead atoms. The Labute approximate surface area is 165 Å². The fourth-order valence-corrected chi connectivity index (χ4v) is 3.29. The molecule has 3 heterocycles. The van der Waals surface area contributed by atoms with E-state index in [0.717, 1.165) is 18.6 Å². The van der Waals surface area contributed by atoms with Gasteiger partial charge in [0.1, 0.15) is 24.7 Å². The lowest BCUT2D eigenvalue weighted by molar-refractivity contribution is 0.195. The van der Waals surface area contributed by atoms with E-state index >= 15 is 0 Å². The topological polar surface area (TPSA) is 148 Å². The molecule has 10 nitrogen and oxygen atoms in total. The zero-order valence-electron chi connectivity index (χ0n) is 15.8. The third-order valence-corrected chi connectivity index (χ3v) is 4.82. The van der Waals surface area contributed by atoms with Crippen LogP contribution in [0.3, 0.4) is 0 Å². The predicted molar refractivity (Wildman–Crippen MR) is 100 cm³/mol. The number of hydrogen-bond acceptors (Lipinski definition) is 10. The summed E-state index contributed by atoms with van der Waals surface area (Å²) in [6.45, 7) is 2.07. The second kappa shape index (κ2) is 9.23. The highest BCUT2D eigenvalue weighted by molar-refractivity contribution is 5.25. The minimum Gasteiger partial charge on any atom is -0.502 e. The van der Waals surface area contributed by atoms with E-state index in [1.807, 2.05) is 9.80 Å². The fourth-order valence-electron chi connectivity index (χ4n) is 3.29. The Bertz CT molecular complexity index is 890. The molecule has 1 fully saturated rings. The molecule has 158 valence electrons. The molecular formula is C19H24N2O8. The lowest BCUT2D eigenvalue weighted by Crippen LogP contribution is -2.30. The van der Waals surface area contributed by atoms with Gasteiger partial charge in [-0.1, -0.05) is 0 Å². The van der Waals surface area contributed by atoms with Crippen LogP contribution in [0.2, 0.25) is 0 Å². The molecule has 10 heteroatoms. The molecule has 0 aliphatic carbocycles. The highest BCUT2D eigenvalue weighted by atomic mass is 16.4. The minimum absolute atomic E-state index is 0.0912. The Kier molecular flexibility index (Phi) is 6.70. The first-order valence-electron chi connectivity index (χ1n) is 9.27. The molecule has 0 aromatic carbocycles. The van der Waals surface area contributed by atoms with Gasteiger partial charge in [-0.25, -0.2) is 0 Å². The quantitative estimate of drug-likeness (QED) is 0.502. The third kappa shape index (κ3) is 5.04. The Morgan fingerprint density at radius 3 is 1.55 bits per heavy atom. The van der Waals surface area contributed by atoms with Crippen molar-refractivity contribution >= 4 is 0 Å². The number of nitrogens with zero attached hydrogens (tertiary/aromatic N) is 2. The normalized spacial score (nSPS) is 16.1. The zero-order chi connectivity index (χ0) is 21.0. The van der Waals surface area contributed by atoms with Crippen molar-refractivity contribution < 1.29 is 29.3 Å². The van der Waals surface area contributed by atoms with Gasteiger partial charge in [0.2, 0.25) is 22.4 Å². The van der Waals surface area contributed by atoms with Crippen molar-refractivity contribution in [3.8, 4) is 11.5 Å². The van der Waals surface area contributed by atoms with Crippen LogP contribution in [0.25, 0.3) is 0 Å². The SMILES string of the molecule is O=c1cc(CO)oc(CN2CCCN(Cc3oc(CO)cc(=O)c3O)CC2)c1O. The largest absolute Gasteiger partial charge is 0.502 e. The van der Waals surface area contributed by atoms with Crippen LogP contribution in [-0.2, 0) is 26.3 Å². The average molecular weight is 408 g/mol. The molecule has 0 unspecified atom stereocenters. The first-order chi connectivity index (χ1) is 13.9. The molecule has 0 amide bonds. The van der Waals surface area contributed by atoms with Crippen molar-refractivity contribution in [2.75, 3.05) is 26.2 Å². The Morgan fingerprint density at radius 1 is 0.759 bits per heavy atom. The molecule has 1 aliphatic rings. The van der Waals surface area contributed by atoms with E-state index in [1.54, 1.807) is 0 Å². The summed E-state index contributed by atoms with van der Waals surface area (Å²) in [7, 11) is 0. The monoisotopic (exact) mass is 408 g/mol. The van der Waals surface area contributed by atoms with Gasteiger partial charge in [0, 0.05) is 25.2 Å². The summed E-state index contributed by atoms with van der Waals surface area (Å²) in [5.74, 6) is -0.530. The average Bonchev–Trinajstić information content (AvgIpc) is 2.93. The number of aromatic hydroxyl groups is 2. The first-order valence-corrected chi connectivity index (χ1v) is 9.27. The van der Waals surface area contributed by atoms with E-state index in [1.165, 1.54) is 0 Å². The molecule has 29 heavy (non-hydrogen) atoms. The van der Waals surface area contributed by atoms with Crippen molar-refractivity contribution in [1.29, 1.82) is 0 Å². The van der Waals surface area contributed by atoms with Gasteiger partial charge < -0.3 is 29.3 Å². The molecule has 2 aromatic heterocycles. The van der Waals surface area contributed by atoms with Crippen LogP contribution in [0.4, 0.5) is 0 Å². The Morgan fingerprint density at radius 2 is 1.17 bits per heavy atom. The number of rotatable bonds is 6. The summed E-state index contributed by atoms with van der Waals surface area (Å²) < 4.78 is 10.8. The zero-order valence-corrected chi connectivity index (χ0v) is 15.8. The molecule has 0 saturated carbocycles. The van der Waals surface area contributed by atoms with Gasteiger partial charge in [0.25, 0.3) is 0 Å². The maximum absolute atomic E-state index is 11.8. The predicted octanol–water partition coefficient (Wildman–Crippen LogP) is -0.303. The van der Waals surface area contributed by atoms with Crippen LogP contribution in [-0.4, -0.2) is 56.4 Å². The second-order valence-electron chi connectivity index (χ2n) is 6.92. The van der Waals surface area contributed by atoms with Gasteiger partial charge in [-0.05, 0) is 19.5 Å². The summed E-state index contributed by atoms with van der Waals surface area (Å²) in [5, 5.41) is 38.3. The van der Waals surface area contributed by atoms with E-state index in [0.29, 0.717) is 26.2 Å². The van der Waals surface area contributed by atoms with Crippen molar-refractivity contribution in [3.63, 3.8) is 0 Å². The van der Waals surface area contributed by atoms with E-state index in [2.05, 4.69) is 0 Å². The minimum atomic E-state index is -0.596. The van der Waals surface area contributed by atoms with Crippen LogP contribution in [0.15, 0.2) is 30.6 Å². The van der Waals surface area contributed by atoms with Crippen LogP contribution >= 0.6 is 0 Å². The van der Waals surface area contributed by atoms with Gasteiger partial charge in [-0.2, -0.15) is 0 Å². The molecule has 2 aromatic rings. The van der Waals surface area contributed by atoms with E-state index in [-0.39, 0.29) is 36.1 Å². The second-order valence-corrected chi connectivity index (χ2v) is 6.92. The Hall–Kier alpha value is -2.66. The van der Waals surface area contributed by atoms with Crippen LogP contribution in [0, 0.1) is 0 Å². The van der Waals surface area contributed by atoms with Gasteiger partial charge in [0.05, 0.1) is 13.1 Å². The summed E-state index contributed by atoms with van der Waals surface area (Å²) in [5.41, 5.74) is -1.19. The summed E-state index contributed by atoms with van der Waals surface area (Å²) in [6, 6.07) is 2.12. The number of aliphatic hydroxyl groups is 2. The molecule has 3 rings (SSSR count). The fraction of sp³-hybridized carbons (Fsp3) is 0.474. The molecule has 0 radical (unpaired) electrons. The van der Waals surface area contributed by atoms with Crippen molar-refractivity contribution in [2.24, 2.45) is 0 Å². The molecule has 0 spiro atoms. The van der Waals surface area contributed by atoms with Gasteiger partial charge in [-0.15, -0.1) is 0 Å². The van der Waals surface area contributed by atoms with Crippen LogP contribution < -0.4 is 10.9 Å². The van der Waals surface area contributed by atoms with Gasteiger partial charge in [-0.3, -0.25) is 19.4 Å². The third-order valence-electron chi connectivity index (χ3n) is 4.82. The van der Waals surface area contributed by atoms with Crippen LogP contribution in [0.1, 0.15) is 29.5 Å². The molecular weight excluding hydrogens is 384 g/mol. The molecule has 1 aliphatic heterocycles. The number of aliphatic hydroxyl groups excluding tert-OH is 2. The summed E-state index contributed by atoms with van der Waals surface area (Å²) >= 11 is 0. The number of hydrogen-bond donors (Lipinski definition) is 4. The maximum atomic E-state index is 11.8. The van der Waals surface area contributed by atoms with E-state index in [9.17, 15) is 30.0 Å². The maximum Gasteiger partial charge on any atom is 0.227 e. The first kappa shape index (κ1) is 21.1. The molecule has 0 atom stereocenters. The van der Waals surface area contributed by atoms with Crippen molar-refractivity contribution in [3.05, 3.63) is 55.6 Å². The van der Waals surface area contributed by atoms with Crippen LogP contribution in [0.5, 0.6) is 11.5 Å². The summed E-state index contributed by atoms with van der Waals surface area (Å²) in [4.78, 5) is 27.5. The van der Waals surface area contributed by atoms with Gasteiger partial charge >= 0.3 is 0 Å². The highest BCUT2D eigenvalue weighted by Gasteiger charge is 2.21.